The number of aromatic hydroxyl groups is 1. The Kier molecular flexibility index (Phi) is 3.27. The van der Waals surface area contributed by atoms with Gasteiger partial charge in [-0.25, -0.2) is 4.79 Å². The fourth-order valence-electron chi connectivity index (χ4n) is 2.90. The number of fused-ring (bicyclic) bond motifs is 1. The number of hydrogen-bond donors (Lipinski definition) is 1. The van der Waals surface area contributed by atoms with Gasteiger partial charge in [0, 0.05) is 6.42 Å². The number of ether oxygens (including phenoxy) is 3. The summed E-state index contributed by atoms with van der Waals surface area (Å²) in [5.74, 6) is -1.85. The van der Waals surface area contributed by atoms with Crippen molar-refractivity contribution < 1.29 is 33.7 Å². The lowest BCUT2D eigenvalue weighted by atomic mass is 9.84. The van der Waals surface area contributed by atoms with Crippen molar-refractivity contribution >= 4 is 17.7 Å². The van der Waals surface area contributed by atoms with E-state index < -0.39 is 29.4 Å². The number of carbonyl (C=O) groups excluding carboxylic acids is 3. The molecule has 1 aromatic carbocycles. The predicted octanol–water partition coefficient (Wildman–Crippen LogP) is 0.975. The summed E-state index contributed by atoms with van der Waals surface area (Å²) in [6.07, 6.45) is -0.849. The largest absolute Gasteiger partial charge is 0.507 e. The van der Waals surface area contributed by atoms with Crippen LogP contribution in [-0.2, 0) is 19.1 Å². The molecule has 2 aliphatic rings. The van der Waals surface area contributed by atoms with Crippen LogP contribution in [0.3, 0.4) is 0 Å². The third kappa shape index (κ3) is 2.01. The maximum Gasteiger partial charge on any atom is 0.354 e. The first kappa shape index (κ1) is 14.4. The monoisotopic (exact) mass is 306 g/mol. The molecule has 2 aliphatic heterocycles. The van der Waals surface area contributed by atoms with Crippen LogP contribution in [0.1, 0.15) is 29.6 Å². The van der Waals surface area contributed by atoms with Gasteiger partial charge < -0.3 is 19.3 Å². The van der Waals surface area contributed by atoms with Crippen molar-refractivity contribution in [2.45, 2.75) is 31.0 Å². The lowest BCUT2D eigenvalue weighted by molar-refractivity contribution is -0.175. The summed E-state index contributed by atoms with van der Waals surface area (Å²) in [5, 5.41) is 9.80. The molecule has 1 unspecified atom stereocenters. The number of phenols is 1. The van der Waals surface area contributed by atoms with E-state index in [2.05, 4.69) is 0 Å². The summed E-state index contributed by atoms with van der Waals surface area (Å²) >= 11 is 0. The second-order valence-corrected chi connectivity index (χ2v) is 5.25. The average molecular weight is 306 g/mol. The molecule has 0 spiro atoms. The first-order valence-electron chi connectivity index (χ1n) is 6.80. The smallest absolute Gasteiger partial charge is 0.354 e. The molecule has 7 heteroatoms. The van der Waals surface area contributed by atoms with Crippen molar-refractivity contribution in [3.05, 3.63) is 23.8 Å². The zero-order chi connectivity index (χ0) is 15.9. The molecule has 2 atom stereocenters. The van der Waals surface area contributed by atoms with Crippen LogP contribution in [0.15, 0.2) is 18.2 Å². The highest BCUT2D eigenvalue weighted by Crippen LogP contribution is 2.42. The second kappa shape index (κ2) is 5.01. The Labute approximate surface area is 125 Å². The van der Waals surface area contributed by atoms with Gasteiger partial charge in [0.05, 0.1) is 13.5 Å². The van der Waals surface area contributed by atoms with Gasteiger partial charge >= 0.3 is 11.9 Å². The fourth-order valence-corrected chi connectivity index (χ4v) is 2.90. The van der Waals surface area contributed by atoms with Gasteiger partial charge in [-0.1, -0.05) is 6.07 Å². The molecular formula is C15H14O7. The van der Waals surface area contributed by atoms with Gasteiger partial charge in [0.15, 0.2) is 11.9 Å². The number of carbonyl (C=O) groups is 3. The molecule has 1 aromatic rings. The van der Waals surface area contributed by atoms with Crippen LogP contribution in [0, 0.1) is 0 Å². The van der Waals surface area contributed by atoms with Gasteiger partial charge in [0.1, 0.15) is 17.1 Å². The SMILES string of the molecule is COC(=O)C1([C@H]2CCC(=O)O2)CC(=O)c2c(O)cccc2O1. The van der Waals surface area contributed by atoms with Gasteiger partial charge in [-0.05, 0) is 18.6 Å². The summed E-state index contributed by atoms with van der Waals surface area (Å²) in [7, 11) is 1.17. The number of benzene rings is 1. The third-order valence-corrected chi connectivity index (χ3v) is 3.93. The highest BCUT2D eigenvalue weighted by Gasteiger charge is 2.57. The Morgan fingerprint density at radius 1 is 1.41 bits per heavy atom. The summed E-state index contributed by atoms with van der Waals surface area (Å²) in [4.78, 5) is 36.0. The van der Waals surface area contributed by atoms with Crippen LogP contribution in [-0.4, -0.2) is 41.6 Å². The van der Waals surface area contributed by atoms with Gasteiger partial charge in [-0.15, -0.1) is 0 Å². The zero-order valence-corrected chi connectivity index (χ0v) is 11.8. The van der Waals surface area contributed by atoms with E-state index in [9.17, 15) is 19.5 Å². The van der Waals surface area contributed by atoms with Crippen LogP contribution < -0.4 is 4.74 Å². The van der Waals surface area contributed by atoms with Crippen LogP contribution in [0.2, 0.25) is 0 Å². The predicted molar refractivity (Wildman–Crippen MR) is 71.5 cm³/mol. The normalized spacial score (nSPS) is 26.9. The molecule has 2 heterocycles. The number of cyclic esters (lactones) is 1. The Hall–Kier alpha value is -2.57. The molecule has 0 bridgehead atoms. The summed E-state index contributed by atoms with van der Waals surface area (Å²) < 4.78 is 15.6. The maximum atomic E-state index is 12.4. The topological polar surface area (TPSA) is 99.1 Å². The Morgan fingerprint density at radius 3 is 2.82 bits per heavy atom. The number of ketones is 1. The van der Waals surface area contributed by atoms with E-state index in [1.54, 1.807) is 0 Å². The first-order valence-corrected chi connectivity index (χ1v) is 6.80. The molecule has 0 radical (unpaired) electrons. The van der Waals surface area contributed by atoms with Crippen molar-refractivity contribution in [3.8, 4) is 11.5 Å². The van der Waals surface area contributed by atoms with Crippen LogP contribution >= 0.6 is 0 Å². The molecule has 0 amide bonds. The molecule has 1 N–H and O–H groups in total. The maximum absolute atomic E-state index is 12.4. The second-order valence-electron chi connectivity index (χ2n) is 5.25. The number of methoxy groups -OCH3 is 1. The van der Waals surface area contributed by atoms with Gasteiger partial charge in [0.2, 0.25) is 5.60 Å². The van der Waals surface area contributed by atoms with E-state index in [0.717, 1.165) is 0 Å². The molecule has 116 valence electrons. The minimum absolute atomic E-state index is 0.0198. The summed E-state index contributed by atoms with van der Waals surface area (Å²) in [6.45, 7) is 0. The number of esters is 2. The molecular weight excluding hydrogens is 292 g/mol. The van der Waals surface area contributed by atoms with Gasteiger partial charge in [0.25, 0.3) is 0 Å². The van der Waals surface area contributed by atoms with Crippen molar-refractivity contribution in [3.63, 3.8) is 0 Å². The Balaban J connectivity index is 2.07. The fraction of sp³-hybridized carbons (Fsp3) is 0.400. The van der Waals surface area contributed by atoms with E-state index in [0.29, 0.717) is 0 Å². The van der Waals surface area contributed by atoms with E-state index in [-0.39, 0.29) is 36.3 Å². The lowest BCUT2D eigenvalue weighted by Crippen LogP contribution is -2.58. The van der Waals surface area contributed by atoms with Crippen LogP contribution in [0.5, 0.6) is 11.5 Å². The van der Waals surface area contributed by atoms with Gasteiger partial charge in [-0.3, -0.25) is 9.59 Å². The number of hydrogen-bond acceptors (Lipinski definition) is 7. The van der Waals surface area contributed by atoms with Crippen LogP contribution in [0.4, 0.5) is 0 Å². The number of Topliss-reactive ketones (excluding diaryl/α,β-unsaturated/α-hetero) is 1. The molecule has 1 saturated heterocycles. The minimum atomic E-state index is -1.71. The van der Waals surface area contributed by atoms with E-state index in [4.69, 9.17) is 14.2 Å². The Morgan fingerprint density at radius 2 is 2.18 bits per heavy atom. The number of phenolic OH excluding ortho intramolecular Hbond substituents is 1. The van der Waals surface area contributed by atoms with Crippen LogP contribution in [0.25, 0.3) is 0 Å². The summed E-state index contributed by atoms with van der Waals surface area (Å²) in [5.41, 5.74) is -1.69. The van der Waals surface area contributed by atoms with E-state index in [1.807, 2.05) is 0 Å². The van der Waals surface area contributed by atoms with Gasteiger partial charge in [-0.2, -0.15) is 0 Å². The van der Waals surface area contributed by atoms with Crippen molar-refractivity contribution in [2.24, 2.45) is 0 Å². The quantitative estimate of drug-likeness (QED) is 0.813. The third-order valence-electron chi connectivity index (χ3n) is 3.93. The standard InChI is InChI=1S/C15H14O7/c1-20-14(19)15(11-5-6-12(18)21-11)7-9(17)13-8(16)3-2-4-10(13)22-15/h2-4,11,16H,5-7H2,1H3/t11-,15?/m1/s1. The highest BCUT2D eigenvalue weighted by molar-refractivity contribution is 6.06. The van der Waals surface area contributed by atoms with E-state index in [1.165, 1.54) is 25.3 Å². The highest BCUT2D eigenvalue weighted by atomic mass is 16.6. The Bertz CT molecular complexity index is 666. The number of rotatable bonds is 2. The molecule has 0 aliphatic carbocycles. The molecule has 22 heavy (non-hydrogen) atoms. The first-order chi connectivity index (χ1) is 10.5. The average Bonchev–Trinajstić information content (AvgIpc) is 2.93. The van der Waals surface area contributed by atoms with Crippen molar-refractivity contribution in [2.75, 3.05) is 7.11 Å². The molecule has 3 rings (SSSR count). The molecule has 0 saturated carbocycles. The van der Waals surface area contributed by atoms with Crippen molar-refractivity contribution in [1.82, 2.24) is 0 Å². The summed E-state index contributed by atoms with van der Waals surface area (Å²) in [6, 6.07) is 4.33. The molecule has 1 fully saturated rings. The van der Waals surface area contributed by atoms with E-state index >= 15 is 0 Å². The lowest BCUT2D eigenvalue weighted by Gasteiger charge is -2.38. The minimum Gasteiger partial charge on any atom is -0.507 e. The zero-order valence-electron chi connectivity index (χ0n) is 11.8. The molecule has 7 nitrogen and oxygen atoms in total. The molecule has 0 aromatic heterocycles. The van der Waals surface area contributed by atoms with Crippen molar-refractivity contribution in [1.29, 1.82) is 0 Å².